The Morgan fingerprint density at radius 2 is 2.18 bits per heavy atom. The lowest BCUT2D eigenvalue weighted by Gasteiger charge is -2.07. The zero-order valence-corrected chi connectivity index (χ0v) is 10.9. The third-order valence-corrected chi connectivity index (χ3v) is 2.81. The van der Waals surface area contributed by atoms with Crippen LogP contribution in [0.1, 0.15) is 5.69 Å². The molecule has 4 nitrogen and oxygen atoms in total. The van der Waals surface area contributed by atoms with Crippen LogP contribution in [0, 0.1) is 0 Å². The van der Waals surface area contributed by atoms with Crippen molar-refractivity contribution in [1.82, 2.24) is 9.55 Å². The zero-order chi connectivity index (χ0) is 12.3. The number of pyridine rings is 2. The van der Waals surface area contributed by atoms with Crippen molar-refractivity contribution >= 4 is 21.7 Å². The molecule has 0 radical (unpaired) electrons. The van der Waals surface area contributed by atoms with Crippen LogP contribution >= 0.6 is 15.9 Å². The second kappa shape index (κ2) is 5.14. The summed E-state index contributed by atoms with van der Waals surface area (Å²) in [5.41, 5.74) is 0.807. The summed E-state index contributed by atoms with van der Waals surface area (Å²) in [5.74, 6) is 0.797. The lowest BCUT2D eigenvalue weighted by molar-refractivity contribution is 0.737. The number of halogens is 1. The van der Waals surface area contributed by atoms with Gasteiger partial charge in [-0.2, -0.15) is 0 Å². The SMILES string of the molecule is CNc1cccc(Cn2cc(Br)ccc2=O)n1. The number of aromatic nitrogens is 2. The molecule has 0 saturated heterocycles. The Hall–Kier alpha value is -1.62. The molecule has 0 saturated carbocycles. The fraction of sp³-hybridized carbons (Fsp3) is 0.167. The van der Waals surface area contributed by atoms with E-state index in [4.69, 9.17) is 0 Å². The van der Waals surface area contributed by atoms with Gasteiger partial charge < -0.3 is 9.88 Å². The van der Waals surface area contributed by atoms with Crippen molar-refractivity contribution in [2.75, 3.05) is 12.4 Å². The predicted molar refractivity (Wildman–Crippen MR) is 71.3 cm³/mol. The predicted octanol–water partition coefficient (Wildman–Crippen LogP) is 2.10. The topological polar surface area (TPSA) is 46.9 Å². The smallest absolute Gasteiger partial charge is 0.250 e. The summed E-state index contributed by atoms with van der Waals surface area (Å²) in [6, 6.07) is 8.96. The van der Waals surface area contributed by atoms with Crippen molar-refractivity contribution < 1.29 is 0 Å². The normalized spacial score (nSPS) is 10.2. The molecule has 2 heterocycles. The van der Waals surface area contributed by atoms with E-state index in [0.717, 1.165) is 16.0 Å². The van der Waals surface area contributed by atoms with Gasteiger partial charge in [0.25, 0.3) is 5.56 Å². The molecule has 0 aliphatic rings. The molecule has 2 rings (SSSR count). The number of hydrogen-bond donors (Lipinski definition) is 1. The van der Waals surface area contributed by atoms with Crippen molar-refractivity contribution in [3.05, 3.63) is 57.0 Å². The summed E-state index contributed by atoms with van der Waals surface area (Å²) in [7, 11) is 1.82. The molecule has 17 heavy (non-hydrogen) atoms. The third kappa shape index (κ3) is 2.94. The number of nitrogens with zero attached hydrogens (tertiary/aromatic N) is 2. The summed E-state index contributed by atoms with van der Waals surface area (Å²) in [6.07, 6.45) is 1.76. The van der Waals surface area contributed by atoms with Crippen LogP contribution in [0.4, 0.5) is 5.82 Å². The largest absolute Gasteiger partial charge is 0.373 e. The Balaban J connectivity index is 2.31. The summed E-state index contributed by atoms with van der Waals surface area (Å²) in [4.78, 5) is 16.0. The van der Waals surface area contributed by atoms with E-state index in [1.165, 1.54) is 6.07 Å². The van der Waals surface area contributed by atoms with Gasteiger partial charge in [0.2, 0.25) is 0 Å². The van der Waals surface area contributed by atoms with Crippen molar-refractivity contribution in [2.24, 2.45) is 0 Å². The minimum absolute atomic E-state index is 0.0372. The van der Waals surface area contributed by atoms with Gasteiger partial charge in [0.1, 0.15) is 5.82 Å². The van der Waals surface area contributed by atoms with E-state index in [9.17, 15) is 4.79 Å². The van der Waals surface area contributed by atoms with Crippen molar-refractivity contribution in [3.63, 3.8) is 0 Å². The van der Waals surface area contributed by atoms with Crippen LogP contribution in [0.25, 0.3) is 0 Å². The molecule has 5 heteroatoms. The molecule has 0 spiro atoms. The maximum Gasteiger partial charge on any atom is 0.250 e. The van der Waals surface area contributed by atoms with Gasteiger partial charge in [-0.3, -0.25) is 4.79 Å². The lowest BCUT2D eigenvalue weighted by atomic mass is 10.3. The van der Waals surface area contributed by atoms with E-state index < -0.39 is 0 Å². The van der Waals surface area contributed by atoms with E-state index in [1.807, 2.05) is 25.2 Å². The quantitative estimate of drug-likeness (QED) is 0.943. The molecule has 0 amide bonds. The first-order chi connectivity index (χ1) is 8.19. The molecule has 0 aliphatic heterocycles. The third-order valence-electron chi connectivity index (χ3n) is 2.34. The van der Waals surface area contributed by atoms with Crippen LogP contribution in [-0.2, 0) is 6.54 Å². The van der Waals surface area contributed by atoms with Crippen LogP contribution in [0.2, 0.25) is 0 Å². The van der Waals surface area contributed by atoms with Crippen LogP contribution in [0.15, 0.2) is 45.8 Å². The van der Waals surface area contributed by atoms with E-state index in [2.05, 4.69) is 26.2 Å². The second-order valence-electron chi connectivity index (χ2n) is 3.58. The summed E-state index contributed by atoms with van der Waals surface area (Å²) in [6.45, 7) is 0.466. The average molecular weight is 294 g/mol. The molecule has 2 aromatic heterocycles. The van der Waals surface area contributed by atoms with Gasteiger partial charge in [-0.15, -0.1) is 0 Å². The molecule has 0 aromatic carbocycles. The van der Waals surface area contributed by atoms with E-state index >= 15 is 0 Å². The minimum atomic E-state index is -0.0372. The summed E-state index contributed by atoms with van der Waals surface area (Å²) < 4.78 is 2.49. The first-order valence-electron chi connectivity index (χ1n) is 5.19. The standard InChI is InChI=1S/C12H12BrN3O/c1-14-11-4-2-3-10(15-11)8-16-7-9(13)5-6-12(16)17/h2-7H,8H2,1H3,(H,14,15). The molecule has 0 atom stereocenters. The molecule has 0 aliphatic carbocycles. The number of hydrogen-bond acceptors (Lipinski definition) is 3. The Morgan fingerprint density at radius 3 is 2.94 bits per heavy atom. The highest BCUT2D eigenvalue weighted by Gasteiger charge is 2.00. The Bertz CT molecular complexity index is 580. The maximum absolute atomic E-state index is 11.6. The monoisotopic (exact) mass is 293 g/mol. The van der Waals surface area contributed by atoms with Gasteiger partial charge >= 0.3 is 0 Å². The number of anilines is 1. The Morgan fingerprint density at radius 1 is 1.35 bits per heavy atom. The highest BCUT2D eigenvalue weighted by Crippen LogP contribution is 2.08. The van der Waals surface area contributed by atoms with Gasteiger partial charge in [-0.25, -0.2) is 4.98 Å². The molecule has 0 unspecified atom stereocenters. The summed E-state index contributed by atoms with van der Waals surface area (Å²) in [5, 5.41) is 2.97. The van der Waals surface area contributed by atoms with Gasteiger partial charge in [0.05, 0.1) is 12.2 Å². The molecular formula is C12H12BrN3O. The number of nitrogens with one attached hydrogen (secondary N) is 1. The Labute approximate surface area is 107 Å². The highest BCUT2D eigenvalue weighted by molar-refractivity contribution is 9.10. The molecule has 0 bridgehead atoms. The minimum Gasteiger partial charge on any atom is -0.373 e. The zero-order valence-electron chi connectivity index (χ0n) is 9.35. The molecule has 0 fully saturated rings. The molecular weight excluding hydrogens is 282 g/mol. The van der Waals surface area contributed by atoms with Crippen molar-refractivity contribution in [3.8, 4) is 0 Å². The highest BCUT2D eigenvalue weighted by atomic mass is 79.9. The summed E-state index contributed by atoms with van der Waals surface area (Å²) >= 11 is 3.35. The molecule has 88 valence electrons. The number of rotatable bonds is 3. The molecule has 2 aromatic rings. The van der Waals surface area contributed by atoms with Gasteiger partial charge in [0, 0.05) is 23.8 Å². The lowest BCUT2D eigenvalue weighted by Crippen LogP contribution is -2.19. The van der Waals surface area contributed by atoms with E-state index in [1.54, 1.807) is 16.8 Å². The molecule has 1 N–H and O–H groups in total. The Kier molecular flexibility index (Phi) is 3.58. The fourth-order valence-electron chi connectivity index (χ4n) is 1.51. The first-order valence-corrected chi connectivity index (χ1v) is 5.98. The van der Waals surface area contributed by atoms with Crippen LogP contribution in [0.3, 0.4) is 0 Å². The average Bonchev–Trinajstić information content (AvgIpc) is 2.34. The van der Waals surface area contributed by atoms with Crippen LogP contribution in [-0.4, -0.2) is 16.6 Å². The van der Waals surface area contributed by atoms with Gasteiger partial charge in [-0.1, -0.05) is 6.07 Å². The van der Waals surface area contributed by atoms with Crippen molar-refractivity contribution in [1.29, 1.82) is 0 Å². The van der Waals surface area contributed by atoms with E-state index in [0.29, 0.717) is 6.54 Å². The van der Waals surface area contributed by atoms with E-state index in [-0.39, 0.29) is 5.56 Å². The van der Waals surface area contributed by atoms with Gasteiger partial charge in [-0.05, 0) is 34.1 Å². The van der Waals surface area contributed by atoms with Crippen molar-refractivity contribution in [2.45, 2.75) is 6.54 Å². The van der Waals surface area contributed by atoms with Gasteiger partial charge in [0.15, 0.2) is 0 Å². The fourth-order valence-corrected chi connectivity index (χ4v) is 1.89. The van der Waals surface area contributed by atoms with Crippen LogP contribution in [0.5, 0.6) is 0 Å². The first kappa shape index (κ1) is 11.9. The maximum atomic E-state index is 11.6. The second-order valence-corrected chi connectivity index (χ2v) is 4.49. The van der Waals surface area contributed by atoms with Crippen LogP contribution < -0.4 is 10.9 Å².